The highest BCUT2D eigenvalue weighted by molar-refractivity contribution is 9.10. The van der Waals surface area contributed by atoms with Gasteiger partial charge in [-0.2, -0.15) is 13.2 Å². The number of carbonyl (C=O) groups excluding carboxylic acids is 1. The smallest absolute Gasteiger partial charge is 0.289 e. The van der Waals surface area contributed by atoms with Gasteiger partial charge in [0, 0.05) is 15.6 Å². The summed E-state index contributed by atoms with van der Waals surface area (Å²) >= 11 is 3.05. The molecule has 3 nitrogen and oxygen atoms in total. The summed E-state index contributed by atoms with van der Waals surface area (Å²) in [6.07, 6.45) is 0. The van der Waals surface area contributed by atoms with Crippen LogP contribution in [0.4, 0.5) is 17.6 Å². The van der Waals surface area contributed by atoms with Crippen molar-refractivity contribution in [2.24, 2.45) is 0 Å². The third-order valence-electron chi connectivity index (χ3n) is 3.09. The van der Waals surface area contributed by atoms with Gasteiger partial charge in [-0.25, -0.2) is 12.8 Å². The van der Waals surface area contributed by atoms with E-state index in [2.05, 4.69) is 15.9 Å². The second kappa shape index (κ2) is 6.64. The summed E-state index contributed by atoms with van der Waals surface area (Å²) < 4.78 is 72.5. The van der Waals surface area contributed by atoms with E-state index in [1.807, 2.05) is 0 Å². The molecular formula is C15H9BrF4O3S. The van der Waals surface area contributed by atoms with Crippen molar-refractivity contribution >= 4 is 31.6 Å². The van der Waals surface area contributed by atoms with Crippen LogP contribution in [0.5, 0.6) is 0 Å². The van der Waals surface area contributed by atoms with Gasteiger partial charge in [0.1, 0.15) is 5.82 Å². The molecule has 2 rings (SSSR count). The van der Waals surface area contributed by atoms with Gasteiger partial charge in [0.2, 0.25) is 0 Å². The van der Waals surface area contributed by atoms with Crippen LogP contribution < -0.4 is 0 Å². The quantitative estimate of drug-likeness (QED) is 0.544. The van der Waals surface area contributed by atoms with E-state index in [-0.39, 0.29) is 21.2 Å². The molecule has 2 aromatic rings. The van der Waals surface area contributed by atoms with Crippen molar-refractivity contribution in [1.29, 1.82) is 0 Å². The van der Waals surface area contributed by atoms with Gasteiger partial charge >= 0.3 is 5.51 Å². The molecule has 0 fully saturated rings. The van der Waals surface area contributed by atoms with Gasteiger partial charge in [-0.3, -0.25) is 4.79 Å². The van der Waals surface area contributed by atoms with Crippen molar-refractivity contribution in [2.45, 2.75) is 11.3 Å². The lowest BCUT2D eigenvalue weighted by Gasteiger charge is -2.10. The SMILES string of the molecule is O=C(c1ccc(F)cc1)c1ccc(CS(=O)(=O)C(F)(F)F)cc1Br. The average Bonchev–Trinajstić information content (AvgIpc) is 2.46. The molecule has 0 aliphatic heterocycles. The van der Waals surface area contributed by atoms with Crippen molar-refractivity contribution in [2.75, 3.05) is 0 Å². The van der Waals surface area contributed by atoms with Crippen LogP contribution in [-0.4, -0.2) is 19.7 Å². The number of carbonyl (C=O) groups is 1. The van der Waals surface area contributed by atoms with Crippen LogP contribution in [-0.2, 0) is 15.6 Å². The Morgan fingerprint density at radius 2 is 1.62 bits per heavy atom. The van der Waals surface area contributed by atoms with Gasteiger partial charge in [-0.05, 0) is 42.0 Å². The molecule has 128 valence electrons. The number of alkyl halides is 3. The number of halogens is 5. The van der Waals surface area contributed by atoms with Gasteiger partial charge in [0.05, 0.1) is 5.75 Å². The first kappa shape index (κ1) is 18.6. The van der Waals surface area contributed by atoms with E-state index in [1.54, 1.807) is 0 Å². The molecule has 0 amide bonds. The highest BCUT2D eigenvalue weighted by Crippen LogP contribution is 2.29. The number of rotatable bonds is 4. The zero-order chi connectivity index (χ0) is 18.1. The molecule has 0 aromatic heterocycles. The molecule has 0 N–H and O–H groups in total. The zero-order valence-electron chi connectivity index (χ0n) is 11.8. The van der Waals surface area contributed by atoms with E-state index < -0.39 is 32.7 Å². The Bertz CT molecular complexity index is 875. The zero-order valence-corrected chi connectivity index (χ0v) is 14.2. The summed E-state index contributed by atoms with van der Waals surface area (Å²) in [4.78, 5) is 12.3. The van der Waals surface area contributed by atoms with Gasteiger partial charge in [-0.15, -0.1) is 0 Å². The van der Waals surface area contributed by atoms with Crippen molar-refractivity contribution in [1.82, 2.24) is 0 Å². The van der Waals surface area contributed by atoms with E-state index in [0.29, 0.717) is 0 Å². The minimum atomic E-state index is -5.35. The largest absolute Gasteiger partial charge is 0.497 e. The van der Waals surface area contributed by atoms with Crippen LogP contribution in [0.3, 0.4) is 0 Å². The Morgan fingerprint density at radius 3 is 2.12 bits per heavy atom. The minimum Gasteiger partial charge on any atom is -0.289 e. The lowest BCUT2D eigenvalue weighted by atomic mass is 10.0. The summed E-state index contributed by atoms with van der Waals surface area (Å²) in [7, 11) is -5.31. The maximum atomic E-state index is 12.9. The van der Waals surface area contributed by atoms with E-state index in [9.17, 15) is 30.8 Å². The summed E-state index contributed by atoms with van der Waals surface area (Å²) in [6.45, 7) is 0. The Kier molecular flexibility index (Phi) is 5.14. The molecule has 0 heterocycles. The molecule has 0 saturated carbocycles. The van der Waals surface area contributed by atoms with E-state index >= 15 is 0 Å². The molecule has 0 saturated heterocycles. The first-order valence-corrected chi connectivity index (χ1v) is 8.83. The fraction of sp³-hybridized carbons (Fsp3) is 0.133. The Balaban J connectivity index is 2.30. The van der Waals surface area contributed by atoms with E-state index in [1.165, 1.54) is 18.2 Å². The first-order valence-electron chi connectivity index (χ1n) is 6.39. The number of hydrogen-bond acceptors (Lipinski definition) is 3. The van der Waals surface area contributed by atoms with E-state index in [0.717, 1.165) is 24.3 Å². The molecule has 0 spiro atoms. The van der Waals surface area contributed by atoms with Crippen LogP contribution in [0.15, 0.2) is 46.9 Å². The second-order valence-electron chi connectivity index (χ2n) is 4.86. The van der Waals surface area contributed by atoms with E-state index in [4.69, 9.17) is 0 Å². The molecular weight excluding hydrogens is 416 g/mol. The topological polar surface area (TPSA) is 51.2 Å². The highest BCUT2D eigenvalue weighted by atomic mass is 79.9. The average molecular weight is 425 g/mol. The Labute approximate surface area is 143 Å². The van der Waals surface area contributed by atoms with Gasteiger partial charge in [-0.1, -0.05) is 22.0 Å². The highest BCUT2D eigenvalue weighted by Gasteiger charge is 2.45. The lowest BCUT2D eigenvalue weighted by molar-refractivity contribution is -0.0437. The number of benzene rings is 2. The fourth-order valence-corrected chi connectivity index (χ4v) is 3.28. The molecule has 2 aromatic carbocycles. The molecule has 0 atom stereocenters. The molecule has 0 aliphatic carbocycles. The third kappa shape index (κ3) is 4.02. The molecule has 24 heavy (non-hydrogen) atoms. The van der Waals surface area contributed by atoms with Crippen molar-refractivity contribution in [3.63, 3.8) is 0 Å². The van der Waals surface area contributed by atoms with Crippen molar-refractivity contribution in [3.05, 3.63) is 69.4 Å². The summed E-state index contributed by atoms with van der Waals surface area (Å²) in [5.74, 6) is -2.22. The van der Waals surface area contributed by atoms with Crippen LogP contribution in [0.1, 0.15) is 21.5 Å². The summed E-state index contributed by atoms with van der Waals surface area (Å²) in [6, 6.07) is 8.23. The molecule has 0 radical (unpaired) electrons. The van der Waals surface area contributed by atoms with Crippen molar-refractivity contribution in [3.8, 4) is 0 Å². The molecule has 0 bridgehead atoms. The van der Waals surface area contributed by atoms with Crippen LogP contribution in [0.2, 0.25) is 0 Å². The normalized spacial score (nSPS) is 12.2. The monoisotopic (exact) mass is 424 g/mol. The number of sulfone groups is 1. The Morgan fingerprint density at radius 1 is 1.04 bits per heavy atom. The van der Waals surface area contributed by atoms with Crippen LogP contribution in [0.25, 0.3) is 0 Å². The first-order chi connectivity index (χ1) is 11.0. The van der Waals surface area contributed by atoms with Gasteiger partial charge in [0.15, 0.2) is 5.78 Å². The lowest BCUT2D eigenvalue weighted by Crippen LogP contribution is -2.24. The fourth-order valence-electron chi connectivity index (χ4n) is 1.89. The number of ketones is 1. The second-order valence-corrected chi connectivity index (χ2v) is 7.69. The summed E-state index contributed by atoms with van der Waals surface area (Å²) in [5.41, 5.74) is -5.15. The molecule has 9 heteroatoms. The minimum absolute atomic E-state index is 0.116. The Hall–Kier alpha value is -1.74. The standard InChI is InChI=1S/C15H9BrF4O3S/c16-13-7-9(8-24(22,23)15(18,19)20)1-6-12(13)14(21)10-2-4-11(17)5-3-10/h1-7H,8H2. The van der Waals surface area contributed by atoms with Crippen LogP contribution >= 0.6 is 15.9 Å². The molecule has 0 unspecified atom stereocenters. The predicted molar refractivity (Wildman–Crippen MR) is 82.7 cm³/mol. The number of hydrogen-bond donors (Lipinski definition) is 0. The maximum Gasteiger partial charge on any atom is 0.497 e. The van der Waals surface area contributed by atoms with Gasteiger partial charge in [0.25, 0.3) is 9.84 Å². The predicted octanol–water partition coefficient (Wildman–Crippen LogP) is 4.25. The maximum absolute atomic E-state index is 12.9. The summed E-state index contributed by atoms with van der Waals surface area (Å²) in [5, 5.41) is 0. The van der Waals surface area contributed by atoms with Crippen molar-refractivity contribution < 1.29 is 30.8 Å². The van der Waals surface area contributed by atoms with Crippen LogP contribution in [0, 0.1) is 5.82 Å². The third-order valence-corrected chi connectivity index (χ3v) is 5.17. The van der Waals surface area contributed by atoms with Gasteiger partial charge < -0.3 is 0 Å². The molecule has 0 aliphatic rings.